The molecule has 5 nitrogen and oxygen atoms in total. The van der Waals surface area contributed by atoms with Gasteiger partial charge in [-0.3, -0.25) is 0 Å². The van der Waals surface area contributed by atoms with Gasteiger partial charge < -0.3 is 9.84 Å². The Bertz CT molecular complexity index is 1540. The monoisotopic (exact) mass is 540 g/mol. The Hall–Kier alpha value is -3.55. The van der Waals surface area contributed by atoms with Crippen LogP contribution in [0, 0.1) is 0 Å². The van der Waals surface area contributed by atoms with Crippen LogP contribution in [0.2, 0.25) is 0 Å². The summed E-state index contributed by atoms with van der Waals surface area (Å²) in [6, 6.07) is 22.4. The van der Waals surface area contributed by atoms with Crippen molar-refractivity contribution in [3.63, 3.8) is 0 Å². The lowest BCUT2D eigenvalue weighted by atomic mass is 10.0. The highest BCUT2D eigenvalue weighted by Crippen LogP contribution is 2.38. The van der Waals surface area contributed by atoms with E-state index in [0.717, 1.165) is 56.2 Å². The molecule has 0 bridgehead atoms. The number of rotatable bonds is 6. The maximum Gasteiger partial charge on any atom is 0.163 e. The Labute approximate surface area is 215 Å². The van der Waals surface area contributed by atoms with Crippen LogP contribution in [0.25, 0.3) is 38.3 Å². The second-order valence-electron chi connectivity index (χ2n) is 8.26. The van der Waals surface area contributed by atoms with Crippen LogP contribution in [-0.4, -0.2) is 20.0 Å². The van der Waals surface area contributed by atoms with Gasteiger partial charge in [0.15, 0.2) is 11.6 Å². The highest BCUT2D eigenvalue weighted by molar-refractivity contribution is 9.09. The highest BCUT2D eigenvalue weighted by Gasteiger charge is 2.17. The Kier molecular flexibility index (Phi) is 6.02. The zero-order valence-corrected chi connectivity index (χ0v) is 21.1. The van der Waals surface area contributed by atoms with E-state index >= 15 is 0 Å². The number of nitrogens with one attached hydrogen (secondary N) is 1. The van der Waals surface area contributed by atoms with Gasteiger partial charge in [-0.15, -0.1) is 11.3 Å². The van der Waals surface area contributed by atoms with Gasteiger partial charge in [-0.25, -0.2) is 9.97 Å². The number of hydrogen-bond acceptors (Lipinski definition) is 6. The number of hydrogen-bond donors (Lipinski definition) is 1. The summed E-state index contributed by atoms with van der Waals surface area (Å²) in [4.78, 5) is 11.2. The summed E-state index contributed by atoms with van der Waals surface area (Å²) in [6.07, 6.45) is 7.32. The lowest BCUT2D eigenvalue weighted by molar-refractivity contribution is 0.386. The van der Waals surface area contributed by atoms with Crippen molar-refractivity contribution in [1.29, 1.82) is 0 Å². The van der Waals surface area contributed by atoms with Crippen LogP contribution in [0.4, 0.5) is 5.82 Å². The zero-order chi connectivity index (χ0) is 23.6. The number of aromatic nitrogens is 3. The quantitative estimate of drug-likeness (QED) is 0.223. The third-order valence-corrected chi connectivity index (χ3v) is 7.43. The van der Waals surface area contributed by atoms with Gasteiger partial charge in [0, 0.05) is 27.4 Å². The molecule has 1 atom stereocenters. The molecule has 1 aliphatic rings. The molecule has 1 unspecified atom stereocenters. The number of nitrogens with zero attached hydrogens (tertiary/aromatic N) is 3. The fourth-order valence-electron chi connectivity index (χ4n) is 4.10. The molecule has 7 heteroatoms. The van der Waals surface area contributed by atoms with Gasteiger partial charge in [0.25, 0.3) is 0 Å². The van der Waals surface area contributed by atoms with E-state index in [1.54, 1.807) is 11.3 Å². The Morgan fingerprint density at radius 2 is 1.77 bits per heavy atom. The first-order valence-electron chi connectivity index (χ1n) is 11.4. The zero-order valence-electron chi connectivity index (χ0n) is 18.7. The average molecular weight is 541 g/mol. The number of halogens is 1. The molecule has 0 saturated heterocycles. The summed E-state index contributed by atoms with van der Waals surface area (Å²) >= 11 is 5.24. The van der Waals surface area contributed by atoms with Gasteiger partial charge in [0.1, 0.15) is 16.3 Å². The van der Waals surface area contributed by atoms with Crippen LogP contribution in [0.1, 0.15) is 17.9 Å². The molecule has 0 radical (unpaired) electrons. The molecule has 6 rings (SSSR count). The van der Waals surface area contributed by atoms with Crippen LogP contribution in [0.3, 0.4) is 0 Å². The van der Waals surface area contributed by atoms with Crippen molar-refractivity contribution in [2.75, 3.05) is 5.32 Å². The molecular weight excluding hydrogens is 520 g/mol. The van der Waals surface area contributed by atoms with Crippen molar-refractivity contribution in [2.45, 2.75) is 17.8 Å². The lowest BCUT2D eigenvalue weighted by Gasteiger charge is -2.10. The van der Waals surface area contributed by atoms with E-state index in [1.807, 2.05) is 54.6 Å². The standard InChI is InChI=1S/C28H21BrN4OS/c29-21-13-11-19(12-14-21)24-15-22(34-33-24)16-30-27-25-23(18-7-3-1-4-8-18)17-35-28(25)32-26(31-27)20-9-5-2-6-10-20/h1-13,15,17,21H,14,16H2,(H,30,31,32). The third kappa shape index (κ3) is 4.57. The molecule has 172 valence electrons. The van der Waals surface area contributed by atoms with E-state index < -0.39 is 0 Å². The van der Waals surface area contributed by atoms with Crippen LogP contribution in [0.15, 0.2) is 94.9 Å². The van der Waals surface area contributed by atoms with Gasteiger partial charge in [-0.1, -0.05) is 100.0 Å². The summed E-state index contributed by atoms with van der Waals surface area (Å²) in [5.41, 5.74) is 5.16. The lowest BCUT2D eigenvalue weighted by Crippen LogP contribution is -2.03. The smallest absolute Gasteiger partial charge is 0.163 e. The SMILES string of the molecule is BrC1C=CC(c2cc(CNc3nc(-c4ccccc4)nc4scc(-c5ccccc5)c34)on2)=CC1. The molecular formula is C28H21BrN4OS. The molecule has 0 saturated carbocycles. The molecule has 3 aromatic heterocycles. The fourth-order valence-corrected chi connectivity index (χ4v) is 5.39. The minimum atomic E-state index is 0.377. The van der Waals surface area contributed by atoms with E-state index in [1.165, 1.54) is 0 Å². The number of thiophene rings is 1. The molecule has 0 spiro atoms. The molecule has 0 fully saturated rings. The third-order valence-electron chi connectivity index (χ3n) is 5.88. The predicted octanol–water partition coefficient (Wildman–Crippen LogP) is 7.73. The van der Waals surface area contributed by atoms with Gasteiger partial charge in [0.2, 0.25) is 0 Å². The van der Waals surface area contributed by atoms with Crippen LogP contribution >= 0.6 is 27.3 Å². The molecule has 0 aliphatic heterocycles. The van der Waals surface area contributed by atoms with Crippen molar-refractivity contribution in [1.82, 2.24) is 15.1 Å². The number of anilines is 1. The van der Waals surface area contributed by atoms with Crippen molar-refractivity contribution in [3.05, 3.63) is 102 Å². The van der Waals surface area contributed by atoms with Crippen molar-refractivity contribution in [3.8, 4) is 22.5 Å². The minimum absolute atomic E-state index is 0.377. The maximum absolute atomic E-state index is 5.65. The number of benzene rings is 2. The Morgan fingerprint density at radius 3 is 2.51 bits per heavy atom. The first-order chi connectivity index (χ1) is 17.2. The van der Waals surface area contributed by atoms with Gasteiger partial charge >= 0.3 is 0 Å². The Morgan fingerprint density at radius 1 is 1.00 bits per heavy atom. The van der Waals surface area contributed by atoms with Gasteiger partial charge in [-0.2, -0.15) is 0 Å². The van der Waals surface area contributed by atoms with Crippen LogP contribution < -0.4 is 5.32 Å². The molecule has 5 aromatic rings. The van der Waals surface area contributed by atoms with E-state index in [-0.39, 0.29) is 0 Å². The number of alkyl halides is 1. The summed E-state index contributed by atoms with van der Waals surface area (Å²) in [7, 11) is 0. The second kappa shape index (κ2) is 9.60. The van der Waals surface area contributed by atoms with Gasteiger partial charge in [0.05, 0.1) is 11.9 Å². The molecule has 1 aliphatic carbocycles. The normalized spacial score (nSPS) is 15.3. The van der Waals surface area contributed by atoms with E-state index in [4.69, 9.17) is 14.5 Å². The Balaban J connectivity index is 1.36. The van der Waals surface area contributed by atoms with Crippen molar-refractivity contribution >= 4 is 48.9 Å². The molecule has 1 N–H and O–H groups in total. The van der Waals surface area contributed by atoms with Crippen molar-refractivity contribution < 1.29 is 4.52 Å². The molecule has 3 heterocycles. The minimum Gasteiger partial charge on any atom is -0.362 e. The molecule has 35 heavy (non-hydrogen) atoms. The molecule has 2 aromatic carbocycles. The summed E-state index contributed by atoms with van der Waals surface area (Å²) < 4.78 is 5.65. The topological polar surface area (TPSA) is 63.8 Å². The predicted molar refractivity (Wildman–Crippen MR) is 147 cm³/mol. The van der Waals surface area contributed by atoms with Crippen molar-refractivity contribution in [2.24, 2.45) is 0 Å². The summed E-state index contributed by atoms with van der Waals surface area (Å²) in [6.45, 7) is 0.468. The van der Waals surface area contributed by atoms with Gasteiger partial charge in [-0.05, 0) is 17.6 Å². The largest absolute Gasteiger partial charge is 0.362 e. The average Bonchev–Trinajstić information content (AvgIpc) is 3.56. The number of fused-ring (bicyclic) bond motifs is 1. The van der Waals surface area contributed by atoms with E-state index in [0.29, 0.717) is 17.2 Å². The van der Waals surface area contributed by atoms with Crippen LogP contribution in [-0.2, 0) is 6.54 Å². The first kappa shape index (κ1) is 21.9. The van der Waals surface area contributed by atoms with Crippen LogP contribution in [0.5, 0.6) is 0 Å². The summed E-state index contributed by atoms with van der Waals surface area (Å²) in [5, 5.41) is 11.0. The van der Waals surface area contributed by atoms with E-state index in [9.17, 15) is 0 Å². The second-order valence-corrected chi connectivity index (χ2v) is 10.3. The fraction of sp³-hybridized carbons (Fsp3) is 0.107. The maximum atomic E-state index is 5.65. The molecule has 0 amide bonds. The number of allylic oxidation sites excluding steroid dienone is 4. The highest BCUT2D eigenvalue weighted by atomic mass is 79.9. The van der Waals surface area contributed by atoms with E-state index in [2.05, 4.69) is 62.1 Å². The first-order valence-corrected chi connectivity index (χ1v) is 13.2. The summed E-state index contributed by atoms with van der Waals surface area (Å²) in [5.74, 6) is 2.23.